The van der Waals surface area contributed by atoms with Crippen LogP contribution in [0.4, 0.5) is 0 Å². The lowest BCUT2D eigenvalue weighted by atomic mass is 10.0. The van der Waals surface area contributed by atoms with Gasteiger partial charge in [0.2, 0.25) is 0 Å². The largest absolute Gasteiger partial charge is 0.305 e. The molecule has 0 radical (unpaired) electrons. The number of fused-ring (bicyclic) bond motifs is 1. The maximum atomic E-state index is 4.71. The minimum atomic E-state index is 0.0693. The molecule has 0 aliphatic heterocycles. The van der Waals surface area contributed by atoms with Gasteiger partial charge in [0.25, 0.3) is 0 Å². The second-order valence-electron chi connectivity index (χ2n) is 4.80. The number of aromatic nitrogens is 3. The normalized spacial score (nSPS) is 12.7. The molecule has 2 heterocycles. The summed E-state index contributed by atoms with van der Waals surface area (Å²) in [4.78, 5) is 4.23. The molecule has 102 valence electrons. The number of nitrogens with one attached hydrogen (secondary N) is 1. The molecule has 3 rings (SSSR count). The minimum Gasteiger partial charge on any atom is -0.305 e. The van der Waals surface area contributed by atoms with Crippen LogP contribution in [0.25, 0.3) is 10.9 Å². The van der Waals surface area contributed by atoms with Gasteiger partial charge in [-0.25, -0.2) is 0 Å². The summed E-state index contributed by atoms with van der Waals surface area (Å²) in [7, 11) is 1.98. The van der Waals surface area contributed by atoms with E-state index in [-0.39, 0.29) is 6.04 Å². The van der Waals surface area contributed by atoms with E-state index in [4.69, 9.17) is 5.10 Å². The fourth-order valence-electron chi connectivity index (χ4n) is 2.58. The zero-order valence-electron chi connectivity index (χ0n) is 11.7. The number of aryl methyl sites for hydroxylation is 1. The van der Waals surface area contributed by atoms with Crippen molar-refractivity contribution in [3.63, 3.8) is 0 Å². The molecular weight excluding hydrogens is 248 g/mol. The topological polar surface area (TPSA) is 42.7 Å². The number of pyridine rings is 1. The Morgan fingerprint density at radius 3 is 2.80 bits per heavy atom. The van der Waals surface area contributed by atoms with E-state index in [1.807, 2.05) is 30.1 Å². The van der Waals surface area contributed by atoms with Gasteiger partial charge in [-0.2, -0.15) is 5.10 Å². The first-order chi connectivity index (χ1) is 9.81. The van der Waals surface area contributed by atoms with Crippen LogP contribution in [-0.2, 0) is 7.05 Å². The van der Waals surface area contributed by atoms with Crippen molar-refractivity contribution in [2.75, 3.05) is 6.54 Å². The lowest BCUT2D eigenvalue weighted by molar-refractivity contribution is 0.602. The lowest BCUT2D eigenvalue weighted by Crippen LogP contribution is -2.22. The SMILES string of the molecule is CCNC(c1cccnc1)c1nn(C)c2ccccc12. The lowest BCUT2D eigenvalue weighted by Gasteiger charge is -2.16. The number of hydrogen-bond donors (Lipinski definition) is 1. The van der Waals surface area contributed by atoms with Crippen LogP contribution in [0.5, 0.6) is 0 Å². The fourth-order valence-corrected chi connectivity index (χ4v) is 2.58. The summed E-state index contributed by atoms with van der Waals surface area (Å²) in [6.07, 6.45) is 3.69. The van der Waals surface area contributed by atoms with Crippen molar-refractivity contribution in [1.29, 1.82) is 0 Å². The number of nitrogens with zero attached hydrogens (tertiary/aromatic N) is 3. The Bertz CT molecular complexity index is 703. The van der Waals surface area contributed by atoms with Gasteiger partial charge in [0.15, 0.2) is 0 Å². The summed E-state index contributed by atoms with van der Waals surface area (Å²) in [6, 6.07) is 12.4. The van der Waals surface area contributed by atoms with E-state index in [9.17, 15) is 0 Å². The van der Waals surface area contributed by atoms with Crippen LogP contribution in [0.3, 0.4) is 0 Å². The molecule has 0 fully saturated rings. The van der Waals surface area contributed by atoms with Gasteiger partial charge in [0, 0.05) is 24.8 Å². The van der Waals surface area contributed by atoms with E-state index in [1.54, 1.807) is 6.20 Å². The minimum absolute atomic E-state index is 0.0693. The number of benzene rings is 1. The van der Waals surface area contributed by atoms with Crippen LogP contribution in [0.15, 0.2) is 48.8 Å². The molecule has 0 saturated carbocycles. The molecule has 0 spiro atoms. The van der Waals surface area contributed by atoms with Crippen LogP contribution >= 0.6 is 0 Å². The predicted octanol–water partition coefficient (Wildman–Crippen LogP) is 2.67. The average molecular weight is 266 g/mol. The van der Waals surface area contributed by atoms with Crippen molar-refractivity contribution < 1.29 is 0 Å². The van der Waals surface area contributed by atoms with Gasteiger partial charge in [-0.15, -0.1) is 0 Å². The summed E-state index contributed by atoms with van der Waals surface area (Å²) in [5, 5.41) is 9.40. The summed E-state index contributed by atoms with van der Waals surface area (Å²) in [6.45, 7) is 2.99. The molecule has 0 aliphatic rings. The second kappa shape index (κ2) is 5.43. The highest BCUT2D eigenvalue weighted by atomic mass is 15.3. The van der Waals surface area contributed by atoms with E-state index >= 15 is 0 Å². The van der Waals surface area contributed by atoms with Crippen molar-refractivity contribution in [1.82, 2.24) is 20.1 Å². The Hall–Kier alpha value is -2.20. The zero-order valence-corrected chi connectivity index (χ0v) is 11.7. The Morgan fingerprint density at radius 2 is 2.05 bits per heavy atom. The van der Waals surface area contributed by atoms with Gasteiger partial charge in [-0.1, -0.05) is 31.2 Å². The summed E-state index contributed by atoms with van der Waals surface area (Å²) in [5.41, 5.74) is 3.34. The Morgan fingerprint density at radius 1 is 1.20 bits per heavy atom. The third kappa shape index (κ3) is 2.18. The Kier molecular flexibility index (Phi) is 3.48. The molecule has 2 aromatic heterocycles. The third-order valence-corrected chi connectivity index (χ3v) is 3.49. The van der Waals surface area contributed by atoms with Gasteiger partial charge in [0.1, 0.15) is 0 Å². The van der Waals surface area contributed by atoms with Gasteiger partial charge in [-0.05, 0) is 24.2 Å². The van der Waals surface area contributed by atoms with E-state index in [0.29, 0.717) is 0 Å². The van der Waals surface area contributed by atoms with Crippen LogP contribution in [0.2, 0.25) is 0 Å². The van der Waals surface area contributed by atoms with Crippen LogP contribution in [0, 0.1) is 0 Å². The number of para-hydroxylation sites is 1. The number of rotatable bonds is 4. The first-order valence-electron chi connectivity index (χ1n) is 6.86. The zero-order chi connectivity index (χ0) is 13.9. The molecular formula is C16H18N4. The summed E-state index contributed by atoms with van der Waals surface area (Å²) < 4.78 is 1.94. The van der Waals surface area contributed by atoms with Gasteiger partial charge < -0.3 is 5.32 Å². The molecule has 1 aromatic carbocycles. The van der Waals surface area contributed by atoms with E-state index < -0.39 is 0 Å². The molecule has 0 saturated heterocycles. The first-order valence-corrected chi connectivity index (χ1v) is 6.86. The molecule has 1 N–H and O–H groups in total. The van der Waals surface area contributed by atoms with Crippen LogP contribution in [0.1, 0.15) is 24.2 Å². The highest BCUT2D eigenvalue weighted by Crippen LogP contribution is 2.27. The highest BCUT2D eigenvalue weighted by Gasteiger charge is 2.19. The van der Waals surface area contributed by atoms with E-state index in [1.165, 1.54) is 5.39 Å². The Balaban J connectivity index is 2.15. The average Bonchev–Trinajstić information content (AvgIpc) is 2.83. The van der Waals surface area contributed by atoms with Crippen molar-refractivity contribution in [2.24, 2.45) is 7.05 Å². The molecule has 20 heavy (non-hydrogen) atoms. The van der Waals surface area contributed by atoms with Gasteiger partial charge in [0.05, 0.1) is 17.3 Å². The van der Waals surface area contributed by atoms with Crippen LogP contribution in [-0.4, -0.2) is 21.3 Å². The van der Waals surface area contributed by atoms with E-state index in [0.717, 1.165) is 23.3 Å². The van der Waals surface area contributed by atoms with Crippen molar-refractivity contribution >= 4 is 10.9 Å². The quantitative estimate of drug-likeness (QED) is 0.789. The molecule has 1 unspecified atom stereocenters. The summed E-state index contributed by atoms with van der Waals surface area (Å²) >= 11 is 0. The fraction of sp³-hybridized carbons (Fsp3) is 0.250. The molecule has 4 heteroatoms. The third-order valence-electron chi connectivity index (χ3n) is 3.49. The molecule has 0 bridgehead atoms. The monoisotopic (exact) mass is 266 g/mol. The van der Waals surface area contributed by atoms with Gasteiger partial charge >= 0.3 is 0 Å². The van der Waals surface area contributed by atoms with E-state index in [2.05, 4.69) is 41.5 Å². The van der Waals surface area contributed by atoms with Crippen molar-refractivity contribution in [3.8, 4) is 0 Å². The number of hydrogen-bond acceptors (Lipinski definition) is 3. The second-order valence-corrected chi connectivity index (χ2v) is 4.80. The molecule has 0 aliphatic carbocycles. The molecule has 4 nitrogen and oxygen atoms in total. The van der Waals surface area contributed by atoms with Crippen molar-refractivity contribution in [2.45, 2.75) is 13.0 Å². The Labute approximate surface area is 118 Å². The highest BCUT2D eigenvalue weighted by molar-refractivity contribution is 5.82. The van der Waals surface area contributed by atoms with Crippen molar-refractivity contribution in [3.05, 3.63) is 60.0 Å². The standard InChI is InChI=1S/C16H18N4/c1-3-18-15(12-7-6-10-17-11-12)16-13-8-4-5-9-14(13)20(2)19-16/h4-11,15,18H,3H2,1-2H3. The summed E-state index contributed by atoms with van der Waals surface area (Å²) in [5.74, 6) is 0. The van der Waals surface area contributed by atoms with Crippen LogP contribution < -0.4 is 5.32 Å². The first kappa shape index (κ1) is 12.8. The molecule has 0 amide bonds. The maximum Gasteiger partial charge on any atom is 0.0918 e. The predicted molar refractivity (Wildman–Crippen MR) is 80.5 cm³/mol. The smallest absolute Gasteiger partial charge is 0.0918 e. The van der Waals surface area contributed by atoms with Gasteiger partial charge in [-0.3, -0.25) is 9.67 Å². The maximum absolute atomic E-state index is 4.71. The molecule has 3 aromatic rings. The molecule has 1 atom stereocenters.